The average Bonchev–Trinajstić information content (AvgIpc) is 3.67. The lowest BCUT2D eigenvalue weighted by Gasteiger charge is -2.53. The largest absolute Gasteiger partial charge is 0.445 e. The topological polar surface area (TPSA) is 67.9 Å². The number of piperidine rings is 1. The fourth-order valence-electron chi connectivity index (χ4n) is 6.14. The monoisotopic (exact) mass is 476 g/mol. The van der Waals surface area contributed by atoms with Crippen molar-refractivity contribution in [3.8, 4) is 5.75 Å². The zero-order chi connectivity index (χ0) is 24.3. The highest BCUT2D eigenvalue weighted by Gasteiger charge is 2.49. The molecular weight excluding hydrogens is 440 g/mol. The van der Waals surface area contributed by atoms with E-state index in [1.54, 1.807) is 0 Å². The zero-order valence-electron chi connectivity index (χ0n) is 20.6. The number of amides is 1. The van der Waals surface area contributed by atoms with Crippen molar-refractivity contribution in [1.29, 1.82) is 0 Å². The van der Waals surface area contributed by atoms with Crippen LogP contribution in [-0.2, 0) is 21.6 Å². The molecule has 6 heteroatoms. The minimum absolute atomic E-state index is 0.0498. The molecule has 1 aliphatic heterocycles. The van der Waals surface area contributed by atoms with Crippen LogP contribution in [0.1, 0.15) is 56.6 Å². The standard InChI is InChI=1S/C29H36N2O4/c1-21(32)35-27-9-5-8-24(16-27)29-14-15-31(18-22-10-11-22)19-25(29)12-13-26(17-29)30-28(33)34-20-23-6-3-2-4-7-23/h2-9,16,22,25-26H,10-15,17-20H2,1H3,(H,30,33)/t25-,26+,29+/m1/s1. The number of hydrogen-bond acceptors (Lipinski definition) is 5. The van der Waals surface area contributed by atoms with Gasteiger partial charge in [0.1, 0.15) is 12.4 Å². The molecule has 5 rings (SSSR count). The lowest BCUT2D eigenvalue weighted by atomic mass is 9.58. The predicted molar refractivity (Wildman–Crippen MR) is 134 cm³/mol. The number of rotatable bonds is 7. The van der Waals surface area contributed by atoms with Crippen LogP contribution in [0.4, 0.5) is 4.79 Å². The average molecular weight is 477 g/mol. The van der Waals surface area contributed by atoms with Crippen LogP contribution in [0.3, 0.4) is 0 Å². The number of fused-ring (bicyclic) bond motifs is 1. The molecule has 3 atom stereocenters. The third-order valence-corrected chi connectivity index (χ3v) is 8.03. The predicted octanol–water partition coefficient (Wildman–Crippen LogP) is 5.06. The van der Waals surface area contributed by atoms with E-state index in [2.05, 4.69) is 16.3 Å². The number of carbonyl (C=O) groups excluding carboxylic acids is 2. The molecule has 0 bridgehead atoms. The van der Waals surface area contributed by atoms with Gasteiger partial charge < -0.3 is 19.7 Å². The number of benzene rings is 2. The van der Waals surface area contributed by atoms with Crippen LogP contribution in [0.25, 0.3) is 0 Å². The van der Waals surface area contributed by atoms with Crippen LogP contribution in [0.2, 0.25) is 0 Å². The van der Waals surface area contributed by atoms with Gasteiger partial charge in [0.25, 0.3) is 0 Å². The summed E-state index contributed by atoms with van der Waals surface area (Å²) in [6.45, 7) is 5.09. The maximum Gasteiger partial charge on any atom is 0.407 e. The van der Waals surface area contributed by atoms with Crippen molar-refractivity contribution in [2.24, 2.45) is 11.8 Å². The van der Waals surface area contributed by atoms with Crippen molar-refractivity contribution < 1.29 is 19.1 Å². The summed E-state index contributed by atoms with van der Waals surface area (Å²) in [6.07, 6.45) is 6.31. The fraction of sp³-hybridized carbons (Fsp3) is 0.517. The summed E-state index contributed by atoms with van der Waals surface area (Å²) in [5.74, 6) is 1.69. The summed E-state index contributed by atoms with van der Waals surface area (Å²) in [4.78, 5) is 26.9. The Hall–Kier alpha value is -2.86. The molecule has 2 saturated carbocycles. The Bertz CT molecular complexity index is 1040. The lowest BCUT2D eigenvalue weighted by molar-refractivity contribution is -0.131. The second kappa shape index (κ2) is 10.4. The number of alkyl carbamates (subject to hydrolysis) is 1. The fourth-order valence-corrected chi connectivity index (χ4v) is 6.14. The Morgan fingerprint density at radius 1 is 1.06 bits per heavy atom. The van der Waals surface area contributed by atoms with Gasteiger partial charge in [-0.25, -0.2) is 4.79 Å². The molecule has 186 valence electrons. The first-order valence-corrected chi connectivity index (χ1v) is 13.0. The third-order valence-electron chi connectivity index (χ3n) is 8.03. The SMILES string of the molecule is CC(=O)Oc1cccc([C@@]23CCN(CC4CC4)C[C@H]2CC[C@H](NC(=O)OCc2ccccc2)C3)c1. The summed E-state index contributed by atoms with van der Waals surface area (Å²) >= 11 is 0. The first kappa shape index (κ1) is 23.9. The summed E-state index contributed by atoms with van der Waals surface area (Å²) in [5, 5.41) is 3.16. The number of likely N-dealkylation sites (tertiary alicyclic amines) is 1. The van der Waals surface area contributed by atoms with E-state index in [0.717, 1.165) is 50.3 Å². The van der Waals surface area contributed by atoms with Crippen LogP contribution in [0.15, 0.2) is 54.6 Å². The zero-order valence-corrected chi connectivity index (χ0v) is 20.6. The molecule has 1 amide bonds. The summed E-state index contributed by atoms with van der Waals surface area (Å²) in [5.41, 5.74) is 2.15. The molecule has 0 spiro atoms. The molecule has 35 heavy (non-hydrogen) atoms. The normalized spacial score (nSPS) is 26.4. The van der Waals surface area contributed by atoms with E-state index < -0.39 is 0 Å². The molecule has 1 saturated heterocycles. The minimum atomic E-state index is -0.354. The Morgan fingerprint density at radius 3 is 2.66 bits per heavy atom. The Kier molecular flexibility index (Phi) is 7.09. The lowest BCUT2D eigenvalue weighted by Crippen LogP contribution is -2.56. The number of nitrogens with one attached hydrogen (secondary N) is 1. The first-order valence-electron chi connectivity index (χ1n) is 13.0. The number of nitrogens with zero attached hydrogens (tertiary/aromatic N) is 1. The summed E-state index contributed by atoms with van der Waals surface area (Å²) in [7, 11) is 0. The van der Waals surface area contributed by atoms with E-state index in [1.807, 2.05) is 48.5 Å². The molecule has 0 aromatic heterocycles. The maximum absolute atomic E-state index is 12.6. The second-order valence-electron chi connectivity index (χ2n) is 10.6. The van der Waals surface area contributed by atoms with Crippen molar-refractivity contribution >= 4 is 12.1 Å². The van der Waals surface area contributed by atoms with Gasteiger partial charge in [0.15, 0.2) is 0 Å². The molecule has 2 aromatic carbocycles. The van der Waals surface area contributed by atoms with Crippen LogP contribution in [0.5, 0.6) is 5.75 Å². The van der Waals surface area contributed by atoms with Gasteiger partial charge in [-0.3, -0.25) is 4.79 Å². The van der Waals surface area contributed by atoms with Crippen LogP contribution in [-0.4, -0.2) is 42.6 Å². The van der Waals surface area contributed by atoms with E-state index in [1.165, 1.54) is 31.9 Å². The van der Waals surface area contributed by atoms with Gasteiger partial charge in [0.05, 0.1) is 0 Å². The van der Waals surface area contributed by atoms with Gasteiger partial charge in [-0.2, -0.15) is 0 Å². The molecule has 3 fully saturated rings. The van der Waals surface area contributed by atoms with E-state index in [0.29, 0.717) is 11.7 Å². The third kappa shape index (κ3) is 5.87. The Morgan fingerprint density at radius 2 is 1.89 bits per heavy atom. The molecule has 0 unspecified atom stereocenters. The van der Waals surface area contributed by atoms with E-state index in [4.69, 9.17) is 9.47 Å². The van der Waals surface area contributed by atoms with Gasteiger partial charge in [0, 0.05) is 31.5 Å². The van der Waals surface area contributed by atoms with Gasteiger partial charge >= 0.3 is 12.1 Å². The Labute approximate surface area is 208 Å². The van der Waals surface area contributed by atoms with Crippen molar-refractivity contribution in [2.75, 3.05) is 19.6 Å². The number of ether oxygens (including phenoxy) is 2. The summed E-state index contributed by atoms with van der Waals surface area (Å²) in [6, 6.07) is 17.9. The van der Waals surface area contributed by atoms with Crippen molar-refractivity contribution in [3.05, 3.63) is 65.7 Å². The Balaban J connectivity index is 1.31. The minimum Gasteiger partial charge on any atom is -0.445 e. The van der Waals surface area contributed by atoms with Gasteiger partial charge in [-0.15, -0.1) is 0 Å². The molecule has 0 radical (unpaired) electrons. The van der Waals surface area contributed by atoms with E-state index in [-0.39, 0.29) is 30.1 Å². The molecular formula is C29H36N2O4. The highest BCUT2D eigenvalue weighted by atomic mass is 16.5. The van der Waals surface area contributed by atoms with Crippen LogP contribution < -0.4 is 10.1 Å². The highest BCUT2D eigenvalue weighted by Crippen LogP contribution is 2.50. The number of carbonyl (C=O) groups is 2. The van der Waals surface area contributed by atoms with Crippen molar-refractivity contribution in [1.82, 2.24) is 10.2 Å². The number of hydrogen-bond donors (Lipinski definition) is 1. The molecule has 2 aliphatic carbocycles. The van der Waals surface area contributed by atoms with Gasteiger partial charge in [-0.05, 0) is 80.2 Å². The molecule has 2 aromatic rings. The van der Waals surface area contributed by atoms with Gasteiger partial charge in [-0.1, -0.05) is 42.5 Å². The maximum atomic E-state index is 12.6. The van der Waals surface area contributed by atoms with E-state index in [9.17, 15) is 9.59 Å². The quantitative estimate of drug-likeness (QED) is 0.447. The smallest absolute Gasteiger partial charge is 0.407 e. The van der Waals surface area contributed by atoms with Crippen LogP contribution >= 0.6 is 0 Å². The van der Waals surface area contributed by atoms with Crippen molar-refractivity contribution in [3.63, 3.8) is 0 Å². The number of esters is 1. The molecule has 1 N–H and O–H groups in total. The van der Waals surface area contributed by atoms with Gasteiger partial charge in [0.2, 0.25) is 0 Å². The van der Waals surface area contributed by atoms with E-state index >= 15 is 0 Å². The van der Waals surface area contributed by atoms with Crippen molar-refractivity contribution in [2.45, 2.75) is 63.5 Å². The molecule has 3 aliphatic rings. The summed E-state index contributed by atoms with van der Waals surface area (Å²) < 4.78 is 11.0. The highest BCUT2D eigenvalue weighted by molar-refractivity contribution is 5.69. The molecule has 1 heterocycles. The molecule has 6 nitrogen and oxygen atoms in total. The second-order valence-corrected chi connectivity index (χ2v) is 10.6. The first-order chi connectivity index (χ1) is 17.0. The van der Waals surface area contributed by atoms with Crippen LogP contribution in [0, 0.1) is 11.8 Å².